The van der Waals surface area contributed by atoms with Gasteiger partial charge in [0.15, 0.2) is 0 Å². The lowest BCUT2D eigenvalue weighted by molar-refractivity contribution is 0.116. The van der Waals surface area contributed by atoms with E-state index in [1.165, 1.54) is 0 Å². The van der Waals surface area contributed by atoms with Gasteiger partial charge in [-0.15, -0.1) is 0 Å². The average Bonchev–Trinajstić information content (AvgIpc) is 2.77. The molecule has 2 rings (SSSR count). The van der Waals surface area contributed by atoms with Gasteiger partial charge in [-0.3, -0.25) is 28.7 Å². The molecule has 2 aliphatic rings. The molecule has 0 saturated carbocycles. The molecule has 232 valence electrons. The summed E-state index contributed by atoms with van der Waals surface area (Å²) in [6.07, 6.45) is 6.56. The molecular formula is C20H48N4O10S4. The summed E-state index contributed by atoms with van der Waals surface area (Å²) >= 11 is -1.22. The van der Waals surface area contributed by atoms with Crippen molar-refractivity contribution in [3.63, 3.8) is 0 Å². The van der Waals surface area contributed by atoms with E-state index in [1.54, 1.807) is 25.0 Å². The van der Waals surface area contributed by atoms with Gasteiger partial charge < -0.3 is 19.3 Å². The van der Waals surface area contributed by atoms with Crippen molar-refractivity contribution in [2.45, 2.75) is 0 Å². The molecule has 0 amide bonds. The first-order chi connectivity index (χ1) is 17.5. The molecule has 0 bridgehead atoms. The summed E-state index contributed by atoms with van der Waals surface area (Å²) in [6.45, 7) is 8.93. The summed E-state index contributed by atoms with van der Waals surface area (Å²) in [7, 11) is -7.69. The molecule has 2 aliphatic heterocycles. The van der Waals surface area contributed by atoms with Gasteiger partial charge in [0.1, 0.15) is 0 Å². The Bertz CT molecular complexity index is 690. The van der Waals surface area contributed by atoms with E-state index in [4.69, 9.17) is 19.3 Å². The van der Waals surface area contributed by atoms with E-state index in [2.05, 4.69) is 9.80 Å². The predicted molar refractivity (Wildman–Crippen MR) is 153 cm³/mol. The van der Waals surface area contributed by atoms with Gasteiger partial charge in [-0.05, 0) is 0 Å². The summed E-state index contributed by atoms with van der Waals surface area (Å²) in [5.74, 6) is -0.403. The van der Waals surface area contributed by atoms with E-state index in [-0.39, 0.29) is 24.7 Å². The highest BCUT2D eigenvalue weighted by Gasteiger charge is 2.18. The van der Waals surface area contributed by atoms with Crippen LogP contribution < -0.4 is 0 Å². The Morgan fingerprint density at radius 1 is 0.553 bits per heavy atom. The van der Waals surface area contributed by atoms with Gasteiger partial charge in [-0.1, -0.05) is 22.4 Å². The minimum Gasteiger partial charge on any atom is -0.617 e. The van der Waals surface area contributed by atoms with Crippen molar-refractivity contribution in [2.24, 2.45) is 0 Å². The van der Waals surface area contributed by atoms with Crippen LogP contribution in [0.1, 0.15) is 0 Å². The Balaban J connectivity index is 0. The van der Waals surface area contributed by atoms with Crippen LogP contribution in [0, 0.1) is 0 Å². The normalized spacial score (nSPS) is 18.2. The van der Waals surface area contributed by atoms with Gasteiger partial charge in [0, 0.05) is 78.5 Å². The minimum atomic E-state index is -3.84. The molecule has 0 atom stereocenters. The lowest BCUT2D eigenvalue weighted by Crippen LogP contribution is -2.48. The van der Waals surface area contributed by atoms with Crippen LogP contribution in [0.5, 0.6) is 0 Å². The second-order valence-corrected chi connectivity index (χ2v) is 15.0. The standard InChI is InChI=1S/2C8H18N2O4S.2C2H6OS/c2*11-7-5-9-1-3-10(4-2-9)6-8-15(12,13)14;2*1-4(2)3/h2*11H,1-8H2,(H,12,13,14);2*1-2H3. The number of nitrogens with zero attached hydrogens (tertiary/aromatic N) is 4. The van der Waals surface area contributed by atoms with Crippen molar-refractivity contribution in [3.8, 4) is 0 Å². The zero-order chi connectivity index (χ0) is 29.8. The fraction of sp³-hybridized carbons (Fsp3) is 1.00. The van der Waals surface area contributed by atoms with Gasteiger partial charge in [0.2, 0.25) is 0 Å². The van der Waals surface area contributed by atoms with Crippen LogP contribution in [-0.2, 0) is 42.6 Å². The third kappa shape index (κ3) is 30.7. The molecule has 2 saturated heterocycles. The maximum absolute atomic E-state index is 10.5. The number of hydrogen-bond donors (Lipinski definition) is 4. The van der Waals surface area contributed by atoms with Crippen LogP contribution in [0.2, 0.25) is 0 Å². The number of piperazine rings is 2. The summed E-state index contributed by atoms with van der Waals surface area (Å²) < 4.78 is 78.4. The van der Waals surface area contributed by atoms with Crippen molar-refractivity contribution >= 4 is 42.6 Å². The Morgan fingerprint density at radius 3 is 0.895 bits per heavy atom. The highest BCUT2D eigenvalue weighted by Crippen LogP contribution is 2.02. The van der Waals surface area contributed by atoms with Gasteiger partial charge in [0.25, 0.3) is 20.2 Å². The van der Waals surface area contributed by atoms with Crippen LogP contribution in [0.15, 0.2) is 0 Å². The molecule has 0 aliphatic carbocycles. The van der Waals surface area contributed by atoms with Crippen LogP contribution in [0.25, 0.3) is 0 Å². The molecule has 0 spiro atoms. The van der Waals surface area contributed by atoms with Crippen molar-refractivity contribution in [1.82, 2.24) is 19.6 Å². The average molecular weight is 633 g/mol. The van der Waals surface area contributed by atoms with Gasteiger partial charge in [-0.25, -0.2) is 0 Å². The van der Waals surface area contributed by atoms with E-state index < -0.39 is 42.6 Å². The monoisotopic (exact) mass is 632 g/mol. The molecule has 18 heteroatoms. The van der Waals surface area contributed by atoms with Crippen molar-refractivity contribution in [1.29, 1.82) is 0 Å². The Labute approximate surface area is 235 Å². The molecule has 0 radical (unpaired) electrons. The predicted octanol–water partition coefficient (Wildman–Crippen LogP) is -3.04. The molecular weight excluding hydrogens is 585 g/mol. The molecule has 0 aromatic carbocycles. The van der Waals surface area contributed by atoms with Crippen molar-refractivity contribution in [2.75, 3.05) is 128 Å². The summed E-state index contributed by atoms with van der Waals surface area (Å²) in [4.78, 5) is 8.26. The smallest absolute Gasteiger partial charge is 0.266 e. The molecule has 0 aromatic rings. The van der Waals surface area contributed by atoms with Gasteiger partial charge >= 0.3 is 0 Å². The van der Waals surface area contributed by atoms with E-state index in [1.807, 2.05) is 9.80 Å². The zero-order valence-corrected chi connectivity index (χ0v) is 26.2. The first kappa shape index (κ1) is 40.3. The SMILES string of the molecule is C[S+](C)[O-].C[S+](C)[O-].O=S(=O)(O)CCN1CCN(CCO)CC1.O=S(=O)(O)CCN1CCN(CCO)CC1. The second-order valence-electron chi connectivity index (χ2n) is 8.87. The Kier molecular flexibility index (Phi) is 24.2. The summed E-state index contributed by atoms with van der Waals surface area (Å²) in [5.41, 5.74) is 0. The Hall–Kier alpha value is 0.200. The number of rotatable bonds is 10. The quantitative estimate of drug-likeness (QED) is 0.139. The fourth-order valence-corrected chi connectivity index (χ4v) is 4.22. The number of β-amino-alcohol motifs (C(OH)–C–C–N with tert-alkyl or cyclic N) is 2. The molecule has 4 N–H and O–H groups in total. The number of aliphatic hydroxyl groups excluding tert-OH is 2. The molecule has 2 fully saturated rings. The third-order valence-electron chi connectivity index (χ3n) is 5.09. The molecule has 0 unspecified atom stereocenters. The molecule has 0 aromatic heterocycles. The molecule has 38 heavy (non-hydrogen) atoms. The molecule has 2 heterocycles. The van der Waals surface area contributed by atoms with Gasteiger partial charge in [0.05, 0.1) is 49.7 Å². The van der Waals surface area contributed by atoms with Crippen LogP contribution in [0.4, 0.5) is 0 Å². The number of aliphatic hydroxyl groups is 2. The van der Waals surface area contributed by atoms with Crippen LogP contribution in [-0.4, -0.2) is 193 Å². The topological polar surface area (TPSA) is 208 Å². The highest BCUT2D eigenvalue weighted by atomic mass is 32.2. The number of hydrogen-bond acceptors (Lipinski definition) is 12. The van der Waals surface area contributed by atoms with E-state index >= 15 is 0 Å². The van der Waals surface area contributed by atoms with E-state index in [9.17, 15) is 25.9 Å². The zero-order valence-electron chi connectivity index (χ0n) is 23.0. The highest BCUT2D eigenvalue weighted by molar-refractivity contribution is 7.90. The van der Waals surface area contributed by atoms with Gasteiger partial charge in [-0.2, -0.15) is 16.8 Å². The van der Waals surface area contributed by atoms with Crippen molar-refractivity contribution in [3.05, 3.63) is 0 Å². The van der Waals surface area contributed by atoms with E-state index in [0.29, 0.717) is 26.2 Å². The Morgan fingerprint density at radius 2 is 0.737 bits per heavy atom. The lowest BCUT2D eigenvalue weighted by Gasteiger charge is -2.33. The maximum Gasteiger partial charge on any atom is 0.266 e. The lowest BCUT2D eigenvalue weighted by atomic mass is 10.3. The van der Waals surface area contributed by atoms with E-state index in [0.717, 1.165) is 52.4 Å². The van der Waals surface area contributed by atoms with Crippen LogP contribution >= 0.6 is 0 Å². The summed E-state index contributed by atoms with van der Waals surface area (Å²) in [6, 6.07) is 0. The maximum atomic E-state index is 10.5. The van der Waals surface area contributed by atoms with Crippen LogP contribution in [0.3, 0.4) is 0 Å². The fourth-order valence-electron chi connectivity index (χ4n) is 3.24. The third-order valence-corrected chi connectivity index (χ3v) is 6.49. The molecule has 14 nitrogen and oxygen atoms in total. The largest absolute Gasteiger partial charge is 0.617 e. The second kappa shape index (κ2) is 22.8. The van der Waals surface area contributed by atoms with Crippen molar-refractivity contribution < 1.29 is 45.3 Å². The first-order valence-corrected chi connectivity index (χ1v) is 19.2. The minimum absolute atomic E-state index is 0.158. The first-order valence-electron chi connectivity index (χ1n) is 12.0. The summed E-state index contributed by atoms with van der Waals surface area (Å²) in [5, 5.41) is 17.5.